The average Bonchev–Trinajstić information content (AvgIpc) is 2.69. The number of benzene rings is 2. The number of alkyl halides is 3. The Morgan fingerprint density at radius 2 is 1.70 bits per heavy atom. The van der Waals surface area contributed by atoms with Gasteiger partial charge in [0.05, 0.1) is 10.9 Å². The summed E-state index contributed by atoms with van der Waals surface area (Å²) >= 11 is 0. The number of amides is 1. The highest BCUT2D eigenvalue weighted by molar-refractivity contribution is 6.04. The highest BCUT2D eigenvalue weighted by atomic mass is 19.4. The molecule has 1 aromatic heterocycles. The van der Waals surface area contributed by atoms with E-state index in [9.17, 15) is 22.8 Å². The fraction of sp³-hybridized carbons (Fsp3) is 0.318. The molecule has 0 fully saturated rings. The molecule has 0 bridgehead atoms. The van der Waals surface area contributed by atoms with Crippen LogP contribution in [0.5, 0.6) is 0 Å². The SMILES string of the molecule is CC(C)Cn1nc(C(=O)NCCc2ccc(C(F)(F)F)cc2)c2ccccc2c1=O. The van der Waals surface area contributed by atoms with Crippen LogP contribution < -0.4 is 10.9 Å². The fourth-order valence-corrected chi connectivity index (χ4v) is 3.14. The molecule has 0 spiro atoms. The summed E-state index contributed by atoms with van der Waals surface area (Å²) in [5.41, 5.74) is -0.136. The van der Waals surface area contributed by atoms with Gasteiger partial charge < -0.3 is 5.32 Å². The van der Waals surface area contributed by atoms with E-state index in [2.05, 4.69) is 10.4 Å². The molecule has 158 valence electrons. The summed E-state index contributed by atoms with van der Waals surface area (Å²) in [4.78, 5) is 25.4. The van der Waals surface area contributed by atoms with Crippen LogP contribution >= 0.6 is 0 Å². The molecule has 3 rings (SSSR count). The molecule has 5 nitrogen and oxygen atoms in total. The van der Waals surface area contributed by atoms with Gasteiger partial charge in [0.2, 0.25) is 0 Å². The standard InChI is InChI=1S/C22H22F3N3O2/c1-14(2)13-28-21(30)18-6-4-3-5-17(18)19(27-28)20(29)26-12-11-15-7-9-16(10-8-15)22(23,24)25/h3-10,14H,11-13H2,1-2H3,(H,26,29). The zero-order chi connectivity index (χ0) is 21.9. The van der Waals surface area contributed by atoms with Crippen molar-refractivity contribution in [1.29, 1.82) is 0 Å². The van der Waals surface area contributed by atoms with E-state index in [1.165, 1.54) is 16.8 Å². The molecular formula is C22H22F3N3O2. The van der Waals surface area contributed by atoms with E-state index in [1.807, 2.05) is 13.8 Å². The number of hydrogen-bond donors (Lipinski definition) is 1. The lowest BCUT2D eigenvalue weighted by molar-refractivity contribution is -0.137. The number of nitrogens with one attached hydrogen (secondary N) is 1. The van der Waals surface area contributed by atoms with Crippen LogP contribution in [0.3, 0.4) is 0 Å². The molecule has 8 heteroatoms. The van der Waals surface area contributed by atoms with Crippen molar-refractivity contribution in [3.63, 3.8) is 0 Å². The first-order valence-corrected chi connectivity index (χ1v) is 9.61. The highest BCUT2D eigenvalue weighted by Gasteiger charge is 2.29. The lowest BCUT2D eigenvalue weighted by atomic mass is 10.1. The smallest absolute Gasteiger partial charge is 0.350 e. The van der Waals surface area contributed by atoms with Crippen molar-refractivity contribution in [2.24, 2.45) is 5.92 Å². The summed E-state index contributed by atoms with van der Waals surface area (Å²) < 4.78 is 39.2. The van der Waals surface area contributed by atoms with Gasteiger partial charge in [-0.25, -0.2) is 4.68 Å². The van der Waals surface area contributed by atoms with Crippen LogP contribution in [0.15, 0.2) is 53.3 Å². The molecule has 1 N–H and O–H groups in total. The Balaban J connectivity index is 1.76. The van der Waals surface area contributed by atoms with Gasteiger partial charge in [0.25, 0.3) is 11.5 Å². The van der Waals surface area contributed by atoms with Crippen molar-refractivity contribution in [3.05, 3.63) is 75.7 Å². The van der Waals surface area contributed by atoms with Crippen molar-refractivity contribution in [1.82, 2.24) is 15.1 Å². The van der Waals surface area contributed by atoms with Crippen molar-refractivity contribution >= 4 is 16.7 Å². The van der Waals surface area contributed by atoms with E-state index < -0.39 is 17.6 Å². The molecule has 0 aliphatic carbocycles. The molecule has 0 saturated heterocycles. The Labute approximate surface area is 171 Å². The van der Waals surface area contributed by atoms with E-state index in [1.54, 1.807) is 24.3 Å². The maximum atomic E-state index is 12.7. The third-order valence-electron chi connectivity index (χ3n) is 4.60. The quantitative estimate of drug-likeness (QED) is 0.658. The van der Waals surface area contributed by atoms with Crippen LogP contribution in [-0.2, 0) is 19.1 Å². The maximum Gasteiger partial charge on any atom is 0.416 e. The highest BCUT2D eigenvalue weighted by Crippen LogP contribution is 2.29. The molecule has 0 atom stereocenters. The number of halogens is 3. The second kappa shape index (κ2) is 8.69. The molecule has 30 heavy (non-hydrogen) atoms. The molecule has 2 aromatic carbocycles. The first kappa shape index (κ1) is 21.5. The third kappa shape index (κ3) is 4.87. The molecule has 1 amide bonds. The number of rotatable bonds is 6. The van der Waals surface area contributed by atoms with Crippen LogP contribution in [0, 0.1) is 5.92 Å². The van der Waals surface area contributed by atoms with E-state index in [4.69, 9.17) is 0 Å². The number of fused-ring (bicyclic) bond motifs is 1. The van der Waals surface area contributed by atoms with Crippen molar-refractivity contribution < 1.29 is 18.0 Å². The number of nitrogens with zero attached hydrogens (tertiary/aromatic N) is 2. The van der Waals surface area contributed by atoms with E-state index in [-0.39, 0.29) is 23.7 Å². The normalized spacial score (nSPS) is 11.8. The third-order valence-corrected chi connectivity index (χ3v) is 4.60. The molecule has 3 aromatic rings. The average molecular weight is 417 g/mol. The number of carbonyl (C=O) groups is 1. The van der Waals surface area contributed by atoms with Gasteiger partial charge in [-0.3, -0.25) is 9.59 Å². The summed E-state index contributed by atoms with van der Waals surface area (Å²) in [6.07, 6.45) is -4.01. The van der Waals surface area contributed by atoms with Gasteiger partial charge in [-0.1, -0.05) is 44.2 Å². The van der Waals surface area contributed by atoms with E-state index in [0.29, 0.717) is 29.3 Å². The van der Waals surface area contributed by atoms with Crippen molar-refractivity contribution in [3.8, 4) is 0 Å². The summed E-state index contributed by atoms with van der Waals surface area (Å²) in [6, 6.07) is 11.6. The second-order valence-corrected chi connectivity index (χ2v) is 7.48. The molecule has 0 radical (unpaired) electrons. The van der Waals surface area contributed by atoms with Gasteiger partial charge in [-0.05, 0) is 36.1 Å². The first-order chi connectivity index (χ1) is 14.2. The zero-order valence-corrected chi connectivity index (χ0v) is 16.7. The van der Waals surface area contributed by atoms with Gasteiger partial charge in [0, 0.05) is 18.5 Å². The minimum Gasteiger partial charge on any atom is -0.350 e. The van der Waals surface area contributed by atoms with Gasteiger partial charge in [0.15, 0.2) is 5.69 Å². The molecule has 0 aliphatic heterocycles. The minimum absolute atomic E-state index is 0.151. The summed E-state index contributed by atoms with van der Waals surface area (Å²) in [5.74, 6) is -0.262. The van der Waals surface area contributed by atoms with Gasteiger partial charge >= 0.3 is 6.18 Å². The van der Waals surface area contributed by atoms with Gasteiger partial charge in [-0.2, -0.15) is 18.3 Å². The Hall–Kier alpha value is -3.16. The number of carbonyl (C=O) groups excluding carboxylic acids is 1. The first-order valence-electron chi connectivity index (χ1n) is 9.61. The molecule has 0 unspecified atom stereocenters. The molecule has 0 aliphatic rings. The Morgan fingerprint density at radius 3 is 2.30 bits per heavy atom. The summed E-state index contributed by atoms with van der Waals surface area (Å²) in [7, 11) is 0. The van der Waals surface area contributed by atoms with Crippen LogP contribution in [0.25, 0.3) is 10.8 Å². The predicted molar refractivity (Wildman–Crippen MR) is 108 cm³/mol. The maximum absolute atomic E-state index is 12.7. The predicted octanol–water partition coefficient (Wildman–Crippen LogP) is 4.04. The Morgan fingerprint density at radius 1 is 1.07 bits per heavy atom. The fourth-order valence-electron chi connectivity index (χ4n) is 3.14. The molecule has 0 saturated carbocycles. The molecular weight excluding hydrogens is 395 g/mol. The van der Waals surface area contributed by atoms with Crippen LogP contribution in [0.4, 0.5) is 13.2 Å². The van der Waals surface area contributed by atoms with E-state index in [0.717, 1.165) is 12.1 Å². The summed E-state index contributed by atoms with van der Waals surface area (Å²) in [6.45, 7) is 4.51. The van der Waals surface area contributed by atoms with Crippen LogP contribution in [0.2, 0.25) is 0 Å². The Kier molecular flexibility index (Phi) is 6.24. The number of hydrogen-bond acceptors (Lipinski definition) is 3. The van der Waals surface area contributed by atoms with Crippen LogP contribution in [0.1, 0.15) is 35.5 Å². The summed E-state index contributed by atoms with van der Waals surface area (Å²) in [5, 5.41) is 7.90. The number of aromatic nitrogens is 2. The van der Waals surface area contributed by atoms with Crippen LogP contribution in [-0.4, -0.2) is 22.2 Å². The van der Waals surface area contributed by atoms with Crippen molar-refractivity contribution in [2.75, 3.05) is 6.54 Å². The van der Waals surface area contributed by atoms with Gasteiger partial charge in [0.1, 0.15) is 0 Å². The molecule has 1 heterocycles. The van der Waals surface area contributed by atoms with E-state index >= 15 is 0 Å². The second-order valence-electron chi connectivity index (χ2n) is 7.48. The zero-order valence-electron chi connectivity index (χ0n) is 16.7. The lowest BCUT2D eigenvalue weighted by Crippen LogP contribution is -2.32. The minimum atomic E-state index is -4.38. The Bertz CT molecular complexity index is 1100. The monoisotopic (exact) mass is 417 g/mol. The van der Waals surface area contributed by atoms with Crippen molar-refractivity contribution in [2.45, 2.75) is 33.0 Å². The van der Waals surface area contributed by atoms with Gasteiger partial charge in [-0.15, -0.1) is 0 Å². The largest absolute Gasteiger partial charge is 0.416 e. The lowest BCUT2D eigenvalue weighted by Gasteiger charge is -2.13. The topological polar surface area (TPSA) is 64.0 Å².